The third-order valence-corrected chi connectivity index (χ3v) is 2.57. The van der Waals surface area contributed by atoms with Crippen molar-refractivity contribution < 1.29 is 24.3 Å². The molecule has 1 aromatic heterocycles. The number of rotatable bonds is 7. The number of nitrogens with zero attached hydrogens (tertiary/aromatic N) is 3. The summed E-state index contributed by atoms with van der Waals surface area (Å²) in [6.07, 6.45) is 0. The second-order valence-corrected chi connectivity index (χ2v) is 4.31. The van der Waals surface area contributed by atoms with Gasteiger partial charge >= 0.3 is 11.9 Å². The van der Waals surface area contributed by atoms with Gasteiger partial charge in [0.2, 0.25) is 0 Å². The van der Waals surface area contributed by atoms with Gasteiger partial charge in [-0.1, -0.05) is 23.4 Å². The van der Waals surface area contributed by atoms with Crippen molar-refractivity contribution in [2.75, 3.05) is 13.1 Å². The Balaban J connectivity index is 2.09. The molecule has 2 N–H and O–H groups in total. The molecule has 1 aromatic carbocycles. The first-order valence-electron chi connectivity index (χ1n) is 6.08. The molecule has 110 valence electrons. The molecule has 0 amide bonds. The largest absolute Gasteiger partial charge is 0.480 e. The smallest absolute Gasteiger partial charge is 0.317 e. The average Bonchev–Trinajstić information content (AvgIpc) is 2.86. The Morgan fingerprint density at radius 1 is 1.10 bits per heavy atom. The van der Waals surface area contributed by atoms with Crippen molar-refractivity contribution in [1.29, 1.82) is 0 Å². The van der Waals surface area contributed by atoms with Crippen molar-refractivity contribution >= 4 is 11.9 Å². The van der Waals surface area contributed by atoms with Crippen LogP contribution in [0.2, 0.25) is 0 Å². The zero-order valence-corrected chi connectivity index (χ0v) is 11.0. The minimum absolute atomic E-state index is 0.0189. The fourth-order valence-corrected chi connectivity index (χ4v) is 1.77. The van der Waals surface area contributed by atoms with Crippen LogP contribution in [0.5, 0.6) is 0 Å². The molecule has 0 atom stereocenters. The van der Waals surface area contributed by atoms with E-state index in [9.17, 15) is 9.59 Å². The zero-order chi connectivity index (χ0) is 15.2. The number of carboxylic acid groups (broad SMARTS) is 2. The van der Waals surface area contributed by atoms with E-state index in [4.69, 9.17) is 14.7 Å². The molecule has 0 saturated heterocycles. The summed E-state index contributed by atoms with van der Waals surface area (Å²) in [5.41, 5.74) is 0.735. The van der Waals surface area contributed by atoms with Gasteiger partial charge in [-0.05, 0) is 12.1 Å². The first-order valence-corrected chi connectivity index (χ1v) is 6.08. The summed E-state index contributed by atoms with van der Waals surface area (Å²) < 4.78 is 5.08. The van der Waals surface area contributed by atoms with Gasteiger partial charge in [0.05, 0.1) is 19.6 Å². The SMILES string of the molecule is O=C(O)CN(CC(=O)O)Cc1noc(-c2ccccc2)n1. The second-order valence-electron chi connectivity index (χ2n) is 4.31. The minimum Gasteiger partial charge on any atom is -0.480 e. The lowest BCUT2D eigenvalue weighted by Gasteiger charge is -2.14. The van der Waals surface area contributed by atoms with E-state index in [-0.39, 0.29) is 12.4 Å². The Bertz CT molecular complexity index is 610. The summed E-state index contributed by atoms with van der Waals surface area (Å²) >= 11 is 0. The maximum Gasteiger partial charge on any atom is 0.317 e. The van der Waals surface area contributed by atoms with Gasteiger partial charge in [0, 0.05) is 5.56 Å². The van der Waals surface area contributed by atoms with Crippen LogP contribution in [-0.2, 0) is 16.1 Å². The quantitative estimate of drug-likeness (QED) is 0.766. The average molecular weight is 291 g/mol. The number of carbonyl (C=O) groups is 2. The van der Waals surface area contributed by atoms with Crippen molar-refractivity contribution in [3.05, 3.63) is 36.2 Å². The minimum atomic E-state index is -1.12. The van der Waals surface area contributed by atoms with E-state index in [0.717, 1.165) is 5.56 Å². The summed E-state index contributed by atoms with van der Waals surface area (Å²) in [5, 5.41) is 21.3. The summed E-state index contributed by atoms with van der Waals surface area (Å²) in [6.45, 7) is -0.849. The van der Waals surface area contributed by atoms with E-state index in [0.29, 0.717) is 5.89 Å². The highest BCUT2D eigenvalue weighted by Gasteiger charge is 2.17. The molecule has 2 aromatic rings. The van der Waals surface area contributed by atoms with Crippen LogP contribution in [0.4, 0.5) is 0 Å². The van der Waals surface area contributed by atoms with Crippen LogP contribution in [0.25, 0.3) is 11.5 Å². The van der Waals surface area contributed by atoms with Gasteiger partial charge < -0.3 is 14.7 Å². The van der Waals surface area contributed by atoms with Crippen molar-refractivity contribution in [3.8, 4) is 11.5 Å². The van der Waals surface area contributed by atoms with Crippen LogP contribution in [-0.4, -0.2) is 50.3 Å². The molecule has 0 aliphatic carbocycles. The standard InChI is InChI=1S/C13H13N3O5/c17-11(18)7-16(8-12(19)20)6-10-14-13(21-15-10)9-4-2-1-3-5-9/h1-5H,6-8H2,(H,17,18)(H,19,20). The highest BCUT2D eigenvalue weighted by atomic mass is 16.5. The third kappa shape index (κ3) is 4.39. The summed E-state index contributed by atoms with van der Waals surface area (Å²) in [5.74, 6) is -1.71. The van der Waals surface area contributed by atoms with Gasteiger partial charge in [-0.15, -0.1) is 0 Å². The van der Waals surface area contributed by atoms with Gasteiger partial charge in [-0.25, -0.2) is 0 Å². The molecule has 0 unspecified atom stereocenters. The van der Waals surface area contributed by atoms with Crippen LogP contribution in [0.1, 0.15) is 5.82 Å². The molecule has 1 heterocycles. The van der Waals surface area contributed by atoms with Gasteiger partial charge in [0.25, 0.3) is 5.89 Å². The molecule has 21 heavy (non-hydrogen) atoms. The fraction of sp³-hybridized carbons (Fsp3) is 0.231. The highest BCUT2D eigenvalue weighted by Crippen LogP contribution is 2.16. The van der Waals surface area contributed by atoms with E-state index in [2.05, 4.69) is 10.1 Å². The first kappa shape index (κ1) is 14.7. The van der Waals surface area contributed by atoms with Crippen LogP contribution < -0.4 is 0 Å². The van der Waals surface area contributed by atoms with E-state index in [1.165, 1.54) is 4.90 Å². The van der Waals surface area contributed by atoms with Gasteiger partial charge in [-0.2, -0.15) is 4.98 Å². The number of hydrogen-bond acceptors (Lipinski definition) is 6. The molecule has 0 bridgehead atoms. The summed E-state index contributed by atoms with van der Waals surface area (Å²) in [4.78, 5) is 26.7. The number of benzene rings is 1. The third-order valence-electron chi connectivity index (χ3n) is 2.57. The number of aromatic nitrogens is 2. The Morgan fingerprint density at radius 2 is 1.71 bits per heavy atom. The van der Waals surface area contributed by atoms with Gasteiger partial charge in [0.15, 0.2) is 5.82 Å². The van der Waals surface area contributed by atoms with Crippen LogP contribution in [0.3, 0.4) is 0 Å². The fourth-order valence-electron chi connectivity index (χ4n) is 1.77. The molecule has 8 nitrogen and oxygen atoms in total. The molecule has 2 rings (SSSR count). The normalized spacial score (nSPS) is 10.7. The molecular formula is C13H13N3O5. The van der Waals surface area contributed by atoms with Gasteiger partial charge in [0.1, 0.15) is 0 Å². The number of hydrogen-bond donors (Lipinski definition) is 2. The first-order chi connectivity index (χ1) is 10.0. The van der Waals surface area contributed by atoms with Crippen molar-refractivity contribution in [2.45, 2.75) is 6.54 Å². The zero-order valence-electron chi connectivity index (χ0n) is 11.0. The molecule has 0 fully saturated rings. The Hall–Kier alpha value is -2.74. The molecule has 0 aliphatic rings. The highest BCUT2D eigenvalue weighted by molar-refractivity contribution is 5.72. The maximum atomic E-state index is 10.7. The predicted octanol–water partition coefficient (Wildman–Crippen LogP) is 0.708. The van der Waals surface area contributed by atoms with Crippen LogP contribution >= 0.6 is 0 Å². The van der Waals surface area contributed by atoms with Crippen molar-refractivity contribution in [1.82, 2.24) is 15.0 Å². The van der Waals surface area contributed by atoms with E-state index in [1.807, 2.05) is 18.2 Å². The van der Waals surface area contributed by atoms with E-state index >= 15 is 0 Å². The molecule has 0 aliphatic heterocycles. The Labute approximate surface area is 119 Å². The van der Waals surface area contributed by atoms with Gasteiger partial charge in [-0.3, -0.25) is 14.5 Å². The Morgan fingerprint density at radius 3 is 2.29 bits per heavy atom. The summed E-state index contributed by atoms with van der Waals surface area (Å²) in [6, 6.07) is 9.08. The molecule has 0 saturated carbocycles. The summed E-state index contributed by atoms with van der Waals surface area (Å²) in [7, 11) is 0. The number of carboxylic acids is 2. The maximum absolute atomic E-state index is 10.7. The number of aliphatic carboxylic acids is 2. The predicted molar refractivity (Wildman–Crippen MR) is 70.3 cm³/mol. The Kier molecular flexibility index (Phi) is 4.62. The van der Waals surface area contributed by atoms with E-state index in [1.54, 1.807) is 12.1 Å². The monoisotopic (exact) mass is 291 g/mol. The van der Waals surface area contributed by atoms with Crippen LogP contribution in [0.15, 0.2) is 34.9 Å². The van der Waals surface area contributed by atoms with Crippen molar-refractivity contribution in [3.63, 3.8) is 0 Å². The molecule has 8 heteroatoms. The van der Waals surface area contributed by atoms with Crippen molar-refractivity contribution in [2.24, 2.45) is 0 Å². The van der Waals surface area contributed by atoms with E-state index < -0.39 is 25.0 Å². The van der Waals surface area contributed by atoms with Crippen LogP contribution in [0, 0.1) is 0 Å². The lowest BCUT2D eigenvalue weighted by atomic mass is 10.2. The second kappa shape index (κ2) is 6.62. The topological polar surface area (TPSA) is 117 Å². The molecule has 0 radical (unpaired) electrons. The lowest BCUT2D eigenvalue weighted by Crippen LogP contribution is -2.34. The lowest BCUT2D eigenvalue weighted by molar-refractivity contribution is -0.142. The molecule has 0 spiro atoms. The molecular weight excluding hydrogens is 278 g/mol.